The van der Waals surface area contributed by atoms with Gasteiger partial charge in [-0.3, -0.25) is 0 Å². The molecule has 0 unspecified atom stereocenters. The summed E-state index contributed by atoms with van der Waals surface area (Å²) in [7, 11) is 2.98. The van der Waals surface area contributed by atoms with Gasteiger partial charge >= 0.3 is 5.97 Å². The Morgan fingerprint density at radius 1 is 1.00 bits per heavy atom. The van der Waals surface area contributed by atoms with Gasteiger partial charge in [0.25, 0.3) is 0 Å². The molecule has 0 aromatic heterocycles. The Morgan fingerprint density at radius 3 is 2.33 bits per heavy atom. The van der Waals surface area contributed by atoms with Gasteiger partial charge in [-0.05, 0) is 29.3 Å². The van der Waals surface area contributed by atoms with E-state index in [1.54, 1.807) is 19.2 Å². The molecule has 0 fully saturated rings. The summed E-state index contributed by atoms with van der Waals surface area (Å²) < 4.78 is 9.98. The quantitative estimate of drug-likeness (QED) is 0.775. The molecule has 3 nitrogen and oxygen atoms in total. The number of carbonyl (C=O) groups is 1. The minimum Gasteiger partial charge on any atom is -0.497 e. The van der Waals surface area contributed by atoms with E-state index in [4.69, 9.17) is 9.47 Å². The fourth-order valence-electron chi connectivity index (χ4n) is 1.79. The van der Waals surface area contributed by atoms with Gasteiger partial charge in [-0.15, -0.1) is 0 Å². The molecule has 0 saturated carbocycles. The summed E-state index contributed by atoms with van der Waals surface area (Å²) in [4.78, 5) is 11.7. The first-order chi connectivity index (χ1) is 8.76. The van der Waals surface area contributed by atoms with Crippen LogP contribution in [0.5, 0.6) is 5.75 Å². The largest absolute Gasteiger partial charge is 0.497 e. The van der Waals surface area contributed by atoms with E-state index in [1.165, 1.54) is 7.11 Å². The van der Waals surface area contributed by atoms with E-state index in [2.05, 4.69) is 0 Å². The van der Waals surface area contributed by atoms with Crippen molar-refractivity contribution in [1.82, 2.24) is 0 Å². The summed E-state index contributed by atoms with van der Waals surface area (Å²) in [6, 6.07) is 15.0. The molecule has 18 heavy (non-hydrogen) atoms. The molecule has 0 aliphatic carbocycles. The Morgan fingerprint density at radius 2 is 1.72 bits per heavy atom. The van der Waals surface area contributed by atoms with Crippen LogP contribution in [0.25, 0.3) is 11.1 Å². The molecule has 0 saturated heterocycles. The fourth-order valence-corrected chi connectivity index (χ4v) is 1.79. The topological polar surface area (TPSA) is 35.5 Å². The van der Waals surface area contributed by atoms with Gasteiger partial charge in [0.15, 0.2) is 0 Å². The fraction of sp³-hybridized carbons (Fsp3) is 0.133. The number of carbonyl (C=O) groups excluding carboxylic acids is 1. The summed E-state index contributed by atoms with van der Waals surface area (Å²) in [5.41, 5.74) is 2.29. The lowest BCUT2D eigenvalue weighted by atomic mass is 9.99. The van der Waals surface area contributed by atoms with Gasteiger partial charge < -0.3 is 9.47 Å². The summed E-state index contributed by atoms with van der Waals surface area (Å²) >= 11 is 0. The molecule has 0 spiro atoms. The van der Waals surface area contributed by atoms with E-state index < -0.39 is 0 Å². The highest BCUT2D eigenvalue weighted by Gasteiger charge is 2.13. The van der Waals surface area contributed by atoms with Crippen LogP contribution in [0.3, 0.4) is 0 Å². The highest BCUT2D eigenvalue weighted by Crippen LogP contribution is 2.28. The van der Waals surface area contributed by atoms with E-state index in [9.17, 15) is 4.79 Å². The molecule has 3 heteroatoms. The van der Waals surface area contributed by atoms with Crippen LogP contribution in [0.4, 0.5) is 0 Å². The zero-order chi connectivity index (χ0) is 13.0. The summed E-state index contributed by atoms with van der Waals surface area (Å²) in [6.07, 6.45) is 0. The third-order valence-corrected chi connectivity index (χ3v) is 2.72. The summed E-state index contributed by atoms with van der Waals surface area (Å²) in [5, 5.41) is 0. The molecule has 2 rings (SSSR count). The monoisotopic (exact) mass is 242 g/mol. The summed E-state index contributed by atoms with van der Waals surface area (Å²) in [5.74, 6) is 0.359. The predicted molar refractivity (Wildman–Crippen MR) is 69.8 cm³/mol. The van der Waals surface area contributed by atoms with Crippen molar-refractivity contribution < 1.29 is 14.3 Å². The van der Waals surface area contributed by atoms with Gasteiger partial charge in [0.1, 0.15) is 5.75 Å². The average Bonchev–Trinajstić information content (AvgIpc) is 2.46. The number of methoxy groups -OCH3 is 2. The van der Waals surface area contributed by atoms with Gasteiger partial charge in [0.05, 0.1) is 19.8 Å². The lowest BCUT2D eigenvalue weighted by Crippen LogP contribution is -2.03. The number of ether oxygens (including phenoxy) is 2. The molecular formula is C15H14O3. The number of rotatable bonds is 3. The maximum absolute atomic E-state index is 11.7. The third kappa shape index (κ3) is 2.35. The standard InChI is InChI=1S/C15H14O3/c1-17-12-8-9-13(15(16)18-2)14(10-12)11-6-4-3-5-7-11/h3-10H,1-2H3. The zero-order valence-corrected chi connectivity index (χ0v) is 10.3. The van der Waals surface area contributed by atoms with E-state index in [-0.39, 0.29) is 5.97 Å². The van der Waals surface area contributed by atoms with E-state index in [1.807, 2.05) is 36.4 Å². The van der Waals surface area contributed by atoms with Crippen LogP contribution in [0.2, 0.25) is 0 Å². The van der Waals surface area contributed by atoms with Crippen molar-refractivity contribution in [3.8, 4) is 16.9 Å². The first kappa shape index (κ1) is 12.2. The molecule has 0 radical (unpaired) electrons. The SMILES string of the molecule is COC(=O)c1ccc(OC)cc1-c1ccccc1. The van der Waals surface area contributed by atoms with Crippen LogP contribution in [-0.4, -0.2) is 20.2 Å². The summed E-state index contributed by atoms with van der Waals surface area (Å²) in [6.45, 7) is 0. The minimum atomic E-state index is -0.350. The van der Waals surface area contributed by atoms with Crippen molar-refractivity contribution >= 4 is 5.97 Å². The lowest BCUT2D eigenvalue weighted by Gasteiger charge is -2.10. The Kier molecular flexibility index (Phi) is 3.63. The second-order valence-corrected chi connectivity index (χ2v) is 3.77. The second kappa shape index (κ2) is 5.36. The van der Waals surface area contributed by atoms with E-state index in [0.29, 0.717) is 11.3 Å². The third-order valence-electron chi connectivity index (χ3n) is 2.72. The molecule has 0 atom stereocenters. The number of hydrogen-bond donors (Lipinski definition) is 0. The molecule has 0 bridgehead atoms. The van der Waals surface area contributed by atoms with Crippen molar-refractivity contribution in [2.45, 2.75) is 0 Å². The van der Waals surface area contributed by atoms with Crippen molar-refractivity contribution in [2.75, 3.05) is 14.2 Å². The van der Waals surface area contributed by atoms with Crippen LogP contribution in [0.1, 0.15) is 10.4 Å². The Balaban J connectivity index is 2.58. The Hall–Kier alpha value is -2.29. The molecule has 2 aromatic carbocycles. The first-order valence-corrected chi connectivity index (χ1v) is 5.58. The van der Waals surface area contributed by atoms with Gasteiger partial charge in [-0.1, -0.05) is 30.3 Å². The van der Waals surface area contributed by atoms with Gasteiger partial charge in [-0.2, -0.15) is 0 Å². The molecule has 0 N–H and O–H groups in total. The molecule has 2 aromatic rings. The van der Waals surface area contributed by atoms with E-state index in [0.717, 1.165) is 11.1 Å². The number of esters is 1. The van der Waals surface area contributed by atoms with Crippen molar-refractivity contribution in [2.24, 2.45) is 0 Å². The van der Waals surface area contributed by atoms with Crippen molar-refractivity contribution in [3.05, 3.63) is 54.1 Å². The Labute approximate surface area is 106 Å². The molecule has 0 aliphatic heterocycles. The van der Waals surface area contributed by atoms with Gasteiger partial charge in [0, 0.05) is 0 Å². The first-order valence-electron chi connectivity index (χ1n) is 5.58. The maximum atomic E-state index is 11.7. The molecule has 0 heterocycles. The lowest BCUT2D eigenvalue weighted by molar-refractivity contribution is 0.0601. The Bertz CT molecular complexity index is 547. The molecule has 92 valence electrons. The average molecular weight is 242 g/mol. The maximum Gasteiger partial charge on any atom is 0.338 e. The van der Waals surface area contributed by atoms with Crippen molar-refractivity contribution in [3.63, 3.8) is 0 Å². The predicted octanol–water partition coefficient (Wildman–Crippen LogP) is 3.15. The zero-order valence-electron chi connectivity index (χ0n) is 10.3. The molecule has 0 aliphatic rings. The van der Waals surface area contributed by atoms with Crippen molar-refractivity contribution in [1.29, 1.82) is 0 Å². The number of benzene rings is 2. The van der Waals surface area contributed by atoms with Crippen LogP contribution in [0.15, 0.2) is 48.5 Å². The van der Waals surface area contributed by atoms with Gasteiger partial charge in [-0.25, -0.2) is 4.79 Å². The van der Waals surface area contributed by atoms with Crippen LogP contribution in [-0.2, 0) is 4.74 Å². The van der Waals surface area contributed by atoms with Crippen LogP contribution in [0, 0.1) is 0 Å². The van der Waals surface area contributed by atoms with E-state index >= 15 is 0 Å². The van der Waals surface area contributed by atoms with Gasteiger partial charge in [0.2, 0.25) is 0 Å². The second-order valence-electron chi connectivity index (χ2n) is 3.77. The van der Waals surface area contributed by atoms with Crippen LogP contribution >= 0.6 is 0 Å². The highest BCUT2D eigenvalue weighted by atomic mass is 16.5. The molecule has 0 amide bonds. The normalized spacial score (nSPS) is 9.89. The smallest absolute Gasteiger partial charge is 0.338 e. The minimum absolute atomic E-state index is 0.350. The van der Waals surface area contributed by atoms with Crippen LogP contribution < -0.4 is 4.74 Å². The highest BCUT2D eigenvalue weighted by molar-refractivity contribution is 5.97. The number of hydrogen-bond acceptors (Lipinski definition) is 3. The molecular weight excluding hydrogens is 228 g/mol.